The third kappa shape index (κ3) is 3.80. The summed E-state index contributed by atoms with van der Waals surface area (Å²) in [5.74, 6) is 0.752. The fourth-order valence-corrected chi connectivity index (χ4v) is 2.81. The summed E-state index contributed by atoms with van der Waals surface area (Å²) in [6.07, 6.45) is 3.72. The van der Waals surface area contributed by atoms with Gasteiger partial charge in [-0.15, -0.1) is 0 Å². The first-order valence-electron chi connectivity index (χ1n) is 6.39. The molecule has 2 N–H and O–H groups in total. The van der Waals surface area contributed by atoms with Crippen molar-refractivity contribution in [1.29, 1.82) is 0 Å². The standard InChI is InChI=1S/C10H16O2.C3H6O2/c1-6-4-7-5-8(11)2-3-9(7)10(6)12;1-2-3(4)5/h6-9,11H,2-5H2,1H3;2H2,1H3,(H,4,5). The van der Waals surface area contributed by atoms with E-state index in [2.05, 4.69) is 0 Å². The van der Waals surface area contributed by atoms with Crippen LogP contribution >= 0.6 is 0 Å². The molecule has 0 radical (unpaired) electrons. The predicted octanol–water partition coefficient (Wildman–Crippen LogP) is 1.85. The van der Waals surface area contributed by atoms with Gasteiger partial charge in [0.15, 0.2) is 0 Å². The Kier molecular flexibility index (Phi) is 5.12. The average molecular weight is 242 g/mol. The molecule has 2 aliphatic carbocycles. The van der Waals surface area contributed by atoms with Gasteiger partial charge in [-0.2, -0.15) is 0 Å². The van der Waals surface area contributed by atoms with E-state index in [0.717, 1.165) is 25.7 Å². The molecule has 2 fully saturated rings. The quantitative estimate of drug-likeness (QED) is 0.736. The van der Waals surface area contributed by atoms with Gasteiger partial charge in [-0.3, -0.25) is 9.59 Å². The van der Waals surface area contributed by atoms with Gasteiger partial charge in [0.2, 0.25) is 0 Å². The number of Topliss-reactive ketones (excluding diaryl/α,β-unsaturated/α-hetero) is 1. The number of aliphatic carboxylic acids is 1. The maximum absolute atomic E-state index is 11.6. The normalized spacial score (nSPS) is 35.8. The third-order valence-corrected chi connectivity index (χ3v) is 3.76. The monoisotopic (exact) mass is 242 g/mol. The highest BCUT2D eigenvalue weighted by Gasteiger charge is 2.42. The molecular formula is C13H22O4. The van der Waals surface area contributed by atoms with Crippen LogP contribution in [0, 0.1) is 17.8 Å². The lowest BCUT2D eigenvalue weighted by Crippen LogP contribution is -2.27. The van der Waals surface area contributed by atoms with E-state index in [0.29, 0.717) is 17.6 Å². The highest BCUT2D eigenvalue weighted by molar-refractivity contribution is 5.85. The van der Waals surface area contributed by atoms with Crippen LogP contribution in [0.2, 0.25) is 0 Å². The lowest BCUT2D eigenvalue weighted by atomic mass is 9.80. The minimum Gasteiger partial charge on any atom is -0.481 e. The summed E-state index contributed by atoms with van der Waals surface area (Å²) in [5, 5.41) is 17.1. The zero-order valence-electron chi connectivity index (χ0n) is 10.6. The Bertz CT molecular complexity index is 287. The summed E-state index contributed by atoms with van der Waals surface area (Å²) in [4.78, 5) is 20.9. The first kappa shape index (κ1) is 14.2. The molecule has 0 aromatic carbocycles. The smallest absolute Gasteiger partial charge is 0.303 e. The van der Waals surface area contributed by atoms with Crippen LogP contribution < -0.4 is 0 Å². The Labute approximate surface area is 102 Å². The molecule has 2 aliphatic rings. The molecule has 0 saturated heterocycles. The molecule has 0 spiro atoms. The lowest BCUT2D eigenvalue weighted by molar-refractivity contribution is -0.136. The summed E-state index contributed by atoms with van der Waals surface area (Å²) in [5.41, 5.74) is 0. The molecule has 0 bridgehead atoms. The van der Waals surface area contributed by atoms with Crippen LogP contribution in [0.5, 0.6) is 0 Å². The van der Waals surface area contributed by atoms with Gasteiger partial charge in [-0.05, 0) is 31.6 Å². The van der Waals surface area contributed by atoms with Gasteiger partial charge in [-0.25, -0.2) is 0 Å². The van der Waals surface area contributed by atoms with E-state index in [-0.39, 0.29) is 18.4 Å². The van der Waals surface area contributed by atoms with Crippen molar-refractivity contribution in [3.63, 3.8) is 0 Å². The number of fused-ring (bicyclic) bond motifs is 1. The summed E-state index contributed by atoms with van der Waals surface area (Å²) in [6.45, 7) is 3.62. The number of carbonyl (C=O) groups excluding carboxylic acids is 1. The Morgan fingerprint density at radius 2 is 1.94 bits per heavy atom. The molecule has 4 atom stereocenters. The first-order valence-corrected chi connectivity index (χ1v) is 6.39. The minimum atomic E-state index is -0.745. The fraction of sp³-hybridized carbons (Fsp3) is 0.846. The number of hydrogen-bond donors (Lipinski definition) is 2. The largest absolute Gasteiger partial charge is 0.481 e. The molecule has 0 aliphatic heterocycles. The van der Waals surface area contributed by atoms with Gasteiger partial charge >= 0.3 is 5.97 Å². The van der Waals surface area contributed by atoms with Gasteiger partial charge < -0.3 is 10.2 Å². The third-order valence-electron chi connectivity index (χ3n) is 3.76. The van der Waals surface area contributed by atoms with Crippen molar-refractivity contribution in [2.75, 3.05) is 0 Å². The fourth-order valence-electron chi connectivity index (χ4n) is 2.81. The van der Waals surface area contributed by atoms with Crippen molar-refractivity contribution < 1.29 is 19.8 Å². The number of aliphatic hydroxyl groups excluding tert-OH is 1. The molecule has 4 heteroatoms. The maximum Gasteiger partial charge on any atom is 0.303 e. The molecule has 2 saturated carbocycles. The second-order valence-electron chi connectivity index (χ2n) is 5.12. The zero-order chi connectivity index (χ0) is 13.0. The van der Waals surface area contributed by atoms with Crippen LogP contribution in [0.15, 0.2) is 0 Å². The highest BCUT2D eigenvalue weighted by atomic mass is 16.4. The van der Waals surface area contributed by atoms with Crippen molar-refractivity contribution >= 4 is 11.8 Å². The van der Waals surface area contributed by atoms with E-state index in [1.54, 1.807) is 6.92 Å². The summed E-state index contributed by atoms with van der Waals surface area (Å²) in [7, 11) is 0. The van der Waals surface area contributed by atoms with Gasteiger partial charge in [0, 0.05) is 18.3 Å². The van der Waals surface area contributed by atoms with E-state index in [4.69, 9.17) is 5.11 Å². The minimum absolute atomic E-state index is 0.135. The molecule has 0 heterocycles. The van der Waals surface area contributed by atoms with Crippen molar-refractivity contribution in [1.82, 2.24) is 0 Å². The summed E-state index contributed by atoms with van der Waals surface area (Å²) >= 11 is 0. The van der Waals surface area contributed by atoms with Crippen molar-refractivity contribution in [2.24, 2.45) is 17.8 Å². The van der Waals surface area contributed by atoms with Crippen molar-refractivity contribution in [3.8, 4) is 0 Å². The zero-order valence-corrected chi connectivity index (χ0v) is 10.6. The average Bonchev–Trinajstić information content (AvgIpc) is 2.55. The van der Waals surface area contributed by atoms with Gasteiger partial charge in [0.05, 0.1) is 6.10 Å². The lowest BCUT2D eigenvalue weighted by Gasteiger charge is -2.27. The number of carboxylic acids is 1. The Balaban J connectivity index is 0.000000249. The molecule has 2 rings (SSSR count). The summed E-state index contributed by atoms with van der Waals surface area (Å²) < 4.78 is 0. The molecule has 0 aromatic heterocycles. The van der Waals surface area contributed by atoms with Crippen molar-refractivity contribution in [3.05, 3.63) is 0 Å². The molecule has 0 aromatic rings. The molecule has 17 heavy (non-hydrogen) atoms. The second kappa shape index (κ2) is 6.15. The Morgan fingerprint density at radius 1 is 1.35 bits per heavy atom. The first-order chi connectivity index (χ1) is 7.95. The van der Waals surface area contributed by atoms with E-state index in [1.807, 2.05) is 6.92 Å². The number of carboxylic acid groups (broad SMARTS) is 1. The van der Waals surface area contributed by atoms with E-state index < -0.39 is 5.97 Å². The Hall–Kier alpha value is -0.900. The van der Waals surface area contributed by atoms with Gasteiger partial charge in [-0.1, -0.05) is 13.8 Å². The number of ketones is 1. The van der Waals surface area contributed by atoms with Gasteiger partial charge in [0.1, 0.15) is 5.78 Å². The molecule has 4 unspecified atom stereocenters. The van der Waals surface area contributed by atoms with Crippen LogP contribution in [0.25, 0.3) is 0 Å². The second-order valence-corrected chi connectivity index (χ2v) is 5.12. The molecule has 4 nitrogen and oxygen atoms in total. The topological polar surface area (TPSA) is 74.6 Å². The number of hydrogen-bond acceptors (Lipinski definition) is 3. The highest BCUT2D eigenvalue weighted by Crippen LogP contribution is 2.42. The maximum atomic E-state index is 11.6. The SMILES string of the molecule is CC1CC2CC(O)CCC2C1=O.CCC(=O)O. The molecular weight excluding hydrogens is 220 g/mol. The van der Waals surface area contributed by atoms with Gasteiger partial charge in [0.25, 0.3) is 0 Å². The number of rotatable bonds is 1. The van der Waals surface area contributed by atoms with E-state index in [1.165, 1.54) is 0 Å². The predicted molar refractivity (Wildman–Crippen MR) is 63.6 cm³/mol. The van der Waals surface area contributed by atoms with Crippen LogP contribution in [0.3, 0.4) is 0 Å². The van der Waals surface area contributed by atoms with Crippen LogP contribution in [0.1, 0.15) is 46.0 Å². The molecule has 0 amide bonds. The van der Waals surface area contributed by atoms with Crippen LogP contribution in [-0.4, -0.2) is 28.1 Å². The molecule has 98 valence electrons. The van der Waals surface area contributed by atoms with E-state index in [9.17, 15) is 14.7 Å². The number of aliphatic hydroxyl groups is 1. The Morgan fingerprint density at radius 3 is 2.47 bits per heavy atom. The summed E-state index contributed by atoms with van der Waals surface area (Å²) in [6, 6.07) is 0. The van der Waals surface area contributed by atoms with Crippen LogP contribution in [-0.2, 0) is 9.59 Å². The number of carbonyl (C=O) groups is 2. The van der Waals surface area contributed by atoms with Crippen molar-refractivity contribution in [2.45, 2.75) is 52.1 Å². The van der Waals surface area contributed by atoms with E-state index >= 15 is 0 Å². The van der Waals surface area contributed by atoms with Crippen LogP contribution in [0.4, 0.5) is 0 Å².